The van der Waals surface area contributed by atoms with Crippen LogP contribution in [0.3, 0.4) is 0 Å². The molecule has 0 bridgehead atoms. The Kier molecular flexibility index (Phi) is 3.72. The highest BCUT2D eigenvalue weighted by molar-refractivity contribution is 6.31. The SMILES string of the molecule is C=C(Cn1ccc2ccc(Cl)cc21)C(=O)OCC. The number of carbonyl (C=O) groups excluding carboxylic acids is 1. The fourth-order valence-corrected chi connectivity index (χ4v) is 1.96. The van der Waals surface area contributed by atoms with E-state index in [1.165, 1.54) is 0 Å². The molecule has 94 valence electrons. The van der Waals surface area contributed by atoms with Crippen LogP contribution in [0.2, 0.25) is 5.02 Å². The Labute approximate surface area is 111 Å². The molecule has 0 aliphatic rings. The van der Waals surface area contributed by atoms with Crippen molar-refractivity contribution in [2.24, 2.45) is 0 Å². The summed E-state index contributed by atoms with van der Waals surface area (Å²) in [5.74, 6) is -0.360. The van der Waals surface area contributed by atoms with Gasteiger partial charge in [-0.3, -0.25) is 0 Å². The van der Waals surface area contributed by atoms with Gasteiger partial charge in [-0.25, -0.2) is 4.79 Å². The molecule has 0 amide bonds. The largest absolute Gasteiger partial charge is 0.463 e. The van der Waals surface area contributed by atoms with Gasteiger partial charge in [0, 0.05) is 22.3 Å². The van der Waals surface area contributed by atoms with E-state index in [-0.39, 0.29) is 5.97 Å². The minimum atomic E-state index is -0.360. The molecule has 4 heteroatoms. The van der Waals surface area contributed by atoms with E-state index in [1.807, 2.05) is 35.0 Å². The van der Waals surface area contributed by atoms with Crippen molar-refractivity contribution >= 4 is 28.5 Å². The number of hydrogen-bond donors (Lipinski definition) is 0. The first-order valence-corrected chi connectivity index (χ1v) is 6.09. The van der Waals surface area contributed by atoms with E-state index in [9.17, 15) is 4.79 Å². The van der Waals surface area contributed by atoms with E-state index >= 15 is 0 Å². The number of benzene rings is 1. The van der Waals surface area contributed by atoms with E-state index in [4.69, 9.17) is 16.3 Å². The van der Waals surface area contributed by atoms with Gasteiger partial charge in [0.2, 0.25) is 0 Å². The first-order valence-electron chi connectivity index (χ1n) is 5.71. The zero-order valence-electron chi connectivity index (χ0n) is 10.1. The number of hydrogen-bond acceptors (Lipinski definition) is 2. The van der Waals surface area contributed by atoms with Gasteiger partial charge in [0.15, 0.2) is 0 Å². The number of carbonyl (C=O) groups is 1. The van der Waals surface area contributed by atoms with Crippen LogP contribution in [0.4, 0.5) is 0 Å². The molecule has 0 spiro atoms. The highest BCUT2D eigenvalue weighted by Gasteiger charge is 2.10. The summed E-state index contributed by atoms with van der Waals surface area (Å²) in [6.07, 6.45) is 1.91. The predicted molar refractivity (Wildman–Crippen MR) is 72.7 cm³/mol. The maximum absolute atomic E-state index is 11.5. The number of ether oxygens (including phenoxy) is 1. The quantitative estimate of drug-likeness (QED) is 0.625. The van der Waals surface area contributed by atoms with Gasteiger partial charge in [0.05, 0.1) is 13.2 Å². The van der Waals surface area contributed by atoms with E-state index in [2.05, 4.69) is 6.58 Å². The molecule has 2 aromatic rings. The Morgan fingerprint density at radius 1 is 1.44 bits per heavy atom. The van der Waals surface area contributed by atoms with Crippen LogP contribution < -0.4 is 0 Å². The second kappa shape index (κ2) is 5.27. The summed E-state index contributed by atoms with van der Waals surface area (Å²) in [4.78, 5) is 11.5. The molecule has 1 heterocycles. The molecule has 18 heavy (non-hydrogen) atoms. The summed E-state index contributed by atoms with van der Waals surface area (Å²) < 4.78 is 6.84. The Bertz CT molecular complexity index is 601. The van der Waals surface area contributed by atoms with Crippen LogP contribution in [0.1, 0.15) is 6.92 Å². The number of aromatic nitrogens is 1. The number of nitrogens with zero attached hydrogens (tertiary/aromatic N) is 1. The molecule has 0 atom stereocenters. The first-order chi connectivity index (χ1) is 8.61. The summed E-state index contributed by atoms with van der Waals surface area (Å²) >= 11 is 5.97. The molecule has 0 aliphatic carbocycles. The average Bonchev–Trinajstić information content (AvgIpc) is 2.72. The van der Waals surface area contributed by atoms with Crippen molar-refractivity contribution < 1.29 is 9.53 Å². The van der Waals surface area contributed by atoms with Gasteiger partial charge in [-0.05, 0) is 30.5 Å². The topological polar surface area (TPSA) is 31.2 Å². The molecular formula is C14H14ClNO2. The van der Waals surface area contributed by atoms with Crippen molar-refractivity contribution in [2.75, 3.05) is 6.61 Å². The first kappa shape index (κ1) is 12.7. The Balaban J connectivity index is 2.24. The van der Waals surface area contributed by atoms with Crippen molar-refractivity contribution in [1.82, 2.24) is 4.57 Å². The second-order valence-corrected chi connectivity index (χ2v) is 4.41. The van der Waals surface area contributed by atoms with Crippen LogP contribution in [0.25, 0.3) is 10.9 Å². The zero-order chi connectivity index (χ0) is 13.1. The lowest BCUT2D eigenvalue weighted by atomic mass is 10.2. The molecular weight excluding hydrogens is 250 g/mol. The fraction of sp³-hybridized carbons (Fsp3) is 0.214. The van der Waals surface area contributed by atoms with E-state index in [1.54, 1.807) is 6.92 Å². The van der Waals surface area contributed by atoms with Gasteiger partial charge < -0.3 is 9.30 Å². The van der Waals surface area contributed by atoms with Crippen molar-refractivity contribution in [1.29, 1.82) is 0 Å². The lowest BCUT2D eigenvalue weighted by Crippen LogP contribution is -2.11. The highest BCUT2D eigenvalue weighted by Crippen LogP contribution is 2.21. The van der Waals surface area contributed by atoms with E-state index < -0.39 is 0 Å². The molecule has 3 nitrogen and oxygen atoms in total. The molecule has 0 N–H and O–H groups in total. The van der Waals surface area contributed by atoms with Crippen LogP contribution in [-0.2, 0) is 16.1 Å². The minimum absolute atomic E-state index is 0.357. The van der Waals surface area contributed by atoms with Crippen LogP contribution in [0, 0.1) is 0 Å². The molecule has 0 saturated heterocycles. The molecule has 0 radical (unpaired) electrons. The van der Waals surface area contributed by atoms with Crippen LogP contribution in [0.15, 0.2) is 42.6 Å². The Morgan fingerprint density at radius 2 is 2.22 bits per heavy atom. The molecule has 1 aromatic carbocycles. The lowest BCUT2D eigenvalue weighted by Gasteiger charge is -2.08. The third-order valence-corrected chi connectivity index (χ3v) is 2.90. The minimum Gasteiger partial charge on any atom is -0.463 e. The van der Waals surface area contributed by atoms with Gasteiger partial charge in [-0.1, -0.05) is 24.2 Å². The van der Waals surface area contributed by atoms with Crippen molar-refractivity contribution in [3.63, 3.8) is 0 Å². The number of halogens is 1. The standard InChI is InChI=1S/C14H14ClNO2/c1-3-18-14(17)10(2)9-16-7-6-11-4-5-12(15)8-13(11)16/h4-8H,2-3,9H2,1H3. The monoisotopic (exact) mass is 263 g/mol. The molecule has 0 unspecified atom stereocenters. The number of fused-ring (bicyclic) bond motifs is 1. The lowest BCUT2D eigenvalue weighted by molar-refractivity contribution is -0.138. The van der Waals surface area contributed by atoms with E-state index in [0.29, 0.717) is 23.7 Å². The maximum atomic E-state index is 11.5. The third kappa shape index (κ3) is 2.57. The smallest absolute Gasteiger partial charge is 0.335 e. The van der Waals surface area contributed by atoms with Crippen LogP contribution >= 0.6 is 11.6 Å². The van der Waals surface area contributed by atoms with Gasteiger partial charge in [-0.2, -0.15) is 0 Å². The molecule has 1 aromatic heterocycles. The highest BCUT2D eigenvalue weighted by atomic mass is 35.5. The van der Waals surface area contributed by atoms with Crippen molar-refractivity contribution in [3.05, 3.63) is 47.6 Å². The maximum Gasteiger partial charge on any atom is 0.335 e. The molecule has 0 saturated carbocycles. The van der Waals surface area contributed by atoms with Gasteiger partial charge in [-0.15, -0.1) is 0 Å². The number of rotatable bonds is 4. The van der Waals surface area contributed by atoms with Crippen LogP contribution in [0.5, 0.6) is 0 Å². The molecule has 0 aliphatic heterocycles. The summed E-state index contributed by atoms with van der Waals surface area (Å²) in [7, 11) is 0. The Morgan fingerprint density at radius 3 is 2.94 bits per heavy atom. The summed E-state index contributed by atoms with van der Waals surface area (Å²) in [5, 5.41) is 1.75. The number of esters is 1. The summed E-state index contributed by atoms with van der Waals surface area (Å²) in [6.45, 7) is 6.29. The fourth-order valence-electron chi connectivity index (χ4n) is 1.80. The Hall–Kier alpha value is -1.74. The molecule has 0 fully saturated rings. The van der Waals surface area contributed by atoms with Crippen LogP contribution in [-0.4, -0.2) is 17.1 Å². The molecule has 2 rings (SSSR count). The predicted octanol–water partition coefficient (Wildman–Crippen LogP) is 3.41. The summed E-state index contributed by atoms with van der Waals surface area (Å²) in [6, 6.07) is 7.63. The normalized spacial score (nSPS) is 10.6. The third-order valence-electron chi connectivity index (χ3n) is 2.66. The van der Waals surface area contributed by atoms with Gasteiger partial charge in [0.25, 0.3) is 0 Å². The van der Waals surface area contributed by atoms with Crippen molar-refractivity contribution in [2.45, 2.75) is 13.5 Å². The van der Waals surface area contributed by atoms with E-state index in [0.717, 1.165) is 10.9 Å². The summed E-state index contributed by atoms with van der Waals surface area (Å²) in [5.41, 5.74) is 1.40. The van der Waals surface area contributed by atoms with Crippen molar-refractivity contribution in [3.8, 4) is 0 Å². The zero-order valence-corrected chi connectivity index (χ0v) is 10.9. The average molecular weight is 264 g/mol. The van der Waals surface area contributed by atoms with Gasteiger partial charge >= 0.3 is 5.97 Å². The second-order valence-electron chi connectivity index (χ2n) is 3.97. The van der Waals surface area contributed by atoms with Gasteiger partial charge in [0.1, 0.15) is 0 Å².